The Hall–Kier alpha value is -4.17. The summed E-state index contributed by atoms with van der Waals surface area (Å²) in [4.78, 5) is 32.1. The van der Waals surface area contributed by atoms with Crippen LogP contribution in [0.4, 0.5) is 10.1 Å². The van der Waals surface area contributed by atoms with E-state index >= 15 is 0 Å². The average Bonchev–Trinajstić information content (AvgIpc) is 3.35. The lowest BCUT2D eigenvalue weighted by Gasteiger charge is -2.36. The van der Waals surface area contributed by atoms with Crippen LogP contribution in [0.2, 0.25) is 0 Å². The van der Waals surface area contributed by atoms with E-state index in [4.69, 9.17) is 4.74 Å². The van der Waals surface area contributed by atoms with Crippen molar-refractivity contribution in [1.82, 2.24) is 15.2 Å². The largest absolute Gasteiger partial charge is 0.496 e. The zero-order chi connectivity index (χ0) is 26.5. The summed E-state index contributed by atoms with van der Waals surface area (Å²) >= 11 is 0. The summed E-state index contributed by atoms with van der Waals surface area (Å²) in [6.45, 7) is 2.01. The molecule has 8 heteroatoms. The lowest BCUT2D eigenvalue weighted by Crippen LogP contribution is -2.48. The molecule has 196 valence electrons. The maximum absolute atomic E-state index is 13.3. The summed E-state index contributed by atoms with van der Waals surface area (Å²) in [5.41, 5.74) is 3.59. The zero-order valence-corrected chi connectivity index (χ0v) is 21.2. The highest BCUT2D eigenvalue weighted by Crippen LogP contribution is 2.28. The number of nitrogens with zero attached hydrogens (tertiary/aromatic N) is 1. The fraction of sp³-hybridized carbons (Fsp3) is 0.267. The van der Waals surface area contributed by atoms with Crippen molar-refractivity contribution < 1.29 is 18.7 Å². The van der Waals surface area contributed by atoms with Crippen molar-refractivity contribution in [3.63, 3.8) is 0 Å². The Bertz CT molecular complexity index is 1420. The number of benzene rings is 3. The van der Waals surface area contributed by atoms with Crippen LogP contribution in [0.1, 0.15) is 17.5 Å². The Kier molecular flexibility index (Phi) is 7.70. The summed E-state index contributed by atoms with van der Waals surface area (Å²) in [7, 11) is 1.61. The Morgan fingerprint density at radius 2 is 1.66 bits per heavy atom. The molecule has 38 heavy (non-hydrogen) atoms. The van der Waals surface area contributed by atoms with Crippen LogP contribution in [0.25, 0.3) is 10.9 Å². The fourth-order valence-corrected chi connectivity index (χ4v) is 5.16. The predicted molar refractivity (Wildman–Crippen MR) is 145 cm³/mol. The molecule has 7 nitrogen and oxygen atoms in total. The first kappa shape index (κ1) is 25.5. The first-order chi connectivity index (χ1) is 18.5. The number of fused-ring (bicyclic) bond motifs is 1. The summed E-state index contributed by atoms with van der Waals surface area (Å²) in [6.07, 6.45) is 2.42. The fourth-order valence-electron chi connectivity index (χ4n) is 5.16. The second-order valence-electron chi connectivity index (χ2n) is 9.71. The minimum absolute atomic E-state index is 0.0980. The number of aromatic amines is 1. The molecule has 1 aliphatic rings. The number of nitrogens with one attached hydrogen (secondary N) is 3. The quantitative estimate of drug-likeness (QED) is 0.318. The van der Waals surface area contributed by atoms with Crippen molar-refractivity contribution in [3.05, 3.63) is 95.9 Å². The topological polar surface area (TPSA) is 86.5 Å². The van der Waals surface area contributed by atoms with Crippen molar-refractivity contribution in [2.24, 2.45) is 11.8 Å². The molecule has 5 rings (SSSR count). The van der Waals surface area contributed by atoms with Crippen molar-refractivity contribution in [2.75, 3.05) is 25.5 Å². The van der Waals surface area contributed by atoms with Gasteiger partial charge in [-0.15, -0.1) is 0 Å². The monoisotopic (exact) mass is 514 g/mol. The Labute approximate surface area is 221 Å². The van der Waals surface area contributed by atoms with Gasteiger partial charge in [-0.3, -0.25) is 14.5 Å². The standard InChI is InChI=1S/C30H31FN4O3/c1-38-28-9-5-2-6-20(28)15-33-29(36)21-14-22(30(37)34-25-12-10-24(31)11-13-25)18-35(17-21)19-23-16-32-27-8-4-3-7-26(23)27/h2-13,16,21-22,32H,14-15,17-19H2,1H3,(H,33,36)(H,34,37)/t21-,22+/m0/s1. The summed E-state index contributed by atoms with van der Waals surface area (Å²) in [5.74, 6) is -0.693. The maximum Gasteiger partial charge on any atom is 0.228 e. The molecular formula is C30H31FN4O3. The first-order valence-electron chi connectivity index (χ1n) is 12.7. The van der Waals surface area contributed by atoms with E-state index < -0.39 is 5.92 Å². The number of hydrogen-bond donors (Lipinski definition) is 3. The number of hydrogen-bond acceptors (Lipinski definition) is 4. The van der Waals surface area contributed by atoms with Crippen LogP contribution in [-0.2, 0) is 22.7 Å². The molecule has 1 saturated heterocycles. The smallest absolute Gasteiger partial charge is 0.228 e. The van der Waals surface area contributed by atoms with Crippen LogP contribution in [0.15, 0.2) is 79.0 Å². The van der Waals surface area contributed by atoms with Gasteiger partial charge < -0.3 is 20.4 Å². The molecule has 1 aliphatic heterocycles. The van der Waals surface area contributed by atoms with Gasteiger partial charge in [-0.1, -0.05) is 36.4 Å². The van der Waals surface area contributed by atoms with E-state index in [1.54, 1.807) is 7.11 Å². The number of amides is 2. The lowest BCUT2D eigenvalue weighted by molar-refractivity contribution is -0.130. The molecule has 2 amide bonds. The van der Waals surface area contributed by atoms with Crippen molar-refractivity contribution in [2.45, 2.75) is 19.5 Å². The molecule has 3 aromatic carbocycles. The lowest BCUT2D eigenvalue weighted by atomic mass is 9.87. The number of para-hydroxylation sites is 2. The molecule has 2 heterocycles. The van der Waals surface area contributed by atoms with Gasteiger partial charge in [0.25, 0.3) is 0 Å². The van der Waals surface area contributed by atoms with Gasteiger partial charge in [-0.2, -0.15) is 0 Å². The molecule has 1 fully saturated rings. The van der Waals surface area contributed by atoms with Crippen LogP contribution in [0.3, 0.4) is 0 Å². The van der Waals surface area contributed by atoms with Crippen LogP contribution >= 0.6 is 0 Å². The van der Waals surface area contributed by atoms with Crippen LogP contribution in [0.5, 0.6) is 5.75 Å². The highest BCUT2D eigenvalue weighted by atomic mass is 19.1. The first-order valence-corrected chi connectivity index (χ1v) is 12.7. The highest BCUT2D eigenvalue weighted by Gasteiger charge is 2.35. The van der Waals surface area contributed by atoms with E-state index in [-0.39, 0.29) is 23.5 Å². The number of methoxy groups -OCH3 is 1. The molecule has 3 N–H and O–H groups in total. The van der Waals surface area contributed by atoms with Crippen molar-refractivity contribution >= 4 is 28.4 Å². The van der Waals surface area contributed by atoms with Crippen LogP contribution < -0.4 is 15.4 Å². The highest BCUT2D eigenvalue weighted by molar-refractivity contribution is 5.93. The summed E-state index contributed by atoms with van der Waals surface area (Å²) in [5, 5.41) is 7.06. The number of carbonyl (C=O) groups is 2. The summed E-state index contributed by atoms with van der Waals surface area (Å²) in [6, 6.07) is 21.4. The maximum atomic E-state index is 13.3. The zero-order valence-electron chi connectivity index (χ0n) is 21.2. The van der Waals surface area contributed by atoms with Gasteiger partial charge in [0, 0.05) is 54.5 Å². The second-order valence-corrected chi connectivity index (χ2v) is 9.71. The number of anilines is 1. The Balaban J connectivity index is 1.32. The third kappa shape index (κ3) is 5.86. The number of likely N-dealkylation sites (tertiary alicyclic amines) is 1. The molecule has 0 saturated carbocycles. The SMILES string of the molecule is COc1ccccc1CNC(=O)[C@H]1C[C@@H](C(=O)Nc2ccc(F)cc2)CN(Cc2c[nH]c3ccccc23)C1. The van der Waals surface area contributed by atoms with Gasteiger partial charge in [-0.25, -0.2) is 4.39 Å². The number of aromatic nitrogens is 1. The van der Waals surface area contributed by atoms with Crippen molar-refractivity contribution in [3.8, 4) is 5.75 Å². The molecule has 1 aromatic heterocycles. The molecule has 0 spiro atoms. The minimum Gasteiger partial charge on any atom is -0.496 e. The third-order valence-electron chi connectivity index (χ3n) is 7.09. The molecule has 4 aromatic rings. The predicted octanol–water partition coefficient (Wildman–Crippen LogP) is 4.71. The minimum atomic E-state index is -0.402. The number of H-pyrrole nitrogens is 1. The number of halogens is 1. The van der Waals surface area contributed by atoms with Gasteiger partial charge in [0.15, 0.2) is 0 Å². The summed E-state index contributed by atoms with van der Waals surface area (Å²) < 4.78 is 18.7. The van der Waals surface area contributed by atoms with Gasteiger partial charge >= 0.3 is 0 Å². The van der Waals surface area contributed by atoms with Crippen LogP contribution in [0, 0.1) is 17.7 Å². The molecule has 0 radical (unpaired) electrons. The normalized spacial score (nSPS) is 17.7. The van der Waals surface area contributed by atoms with Gasteiger partial charge in [-0.05, 0) is 48.4 Å². The van der Waals surface area contributed by atoms with Gasteiger partial charge in [0.2, 0.25) is 11.8 Å². The van der Waals surface area contributed by atoms with Crippen LogP contribution in [-0.4, -0.2) is 41.9 Å². The molecular weight excluding hydrogens is 483 g/mol. The molecule has 0 bridgehead atoms. The third-order valence-corrected chi connectivity index (χ3v) is 7.09. The Morgan fingerprint density at radius 1 is 0.947 bits per heavy atom. The van der Waals surface area contributed by atoms with E-state index in [9.17, 15) is 14.0 Å². The Morgan fingerprint density at radius 3 is 2.45 bits per heavy atom. The molecule has 2 atom stereocenters. The van der Waals surface area contributed by atoms with E-state index in [0.717, 1.165) is 22.0 Å². The number of rotatable bonds is 8. The number of piperidine rings is 1. The van der Waals surface area contributed by atoms with E-state index in [1.165, 1.54) is 24.3 Å². The van der Waals surface area contributed by atoms with Gasteiger partial charge in [0.05, 0.1) is 18.9 Å². The van der Waals surface area contributed by atoms with Gasteiger partial charge in [0.1, 0.15) is 11.6 Å². The molecule has 0 aliphatic carbocycles. The van der Waals surface area contributed by atoms with E-state index in [2.05, 4.69) is 26.6 Å². The van der Waals surface area contributed by atoms with E-state index in [0.29, 0.717) is 44.0 Å². The van der Waals surface area contributed by atoms with E-state index in [1.807, 2.05) is 48.7 Å². The van der Waals surface area contributed by atoms with Crippen molar-refractivity contribution in [1.29, 1.82) is 0 Å². The molecule has 0 unspecified atom stereocenters. The number of carbonyl (C=O) groups excluding carboxylic acids is 2. The second kappa shape index (κ2) is 11.5. The number of ether oxygens (including phenoxy) is 1. The average molecular weight is 515 g/mol.